The molecule has 0 unspecified atom stereocenters. The third kappa shape index (κ3) is 4.04. The van der Waals surface area contributed by atoms with Gasteiger partial charge in [0.25, 0.3) is 0 Å². The quantitative estimate of drug-likeness (QED) is 0.235. The fraction of sp³-hybridized carbons (Fsp3) is 0.0294. The molecule has 3 heterocycles. The third-order valence-electron chi connectivity index (χ3n) is 7.06. The average molecular weight is 554 g/mol. The summed E-state index contributed by atoms with van der Waals surface area (Å²) < 4.78 is 3.39. The summed E-state index contributed by atoms with van der Waals surface area (Å²) in [5, 5.41) is 4.79. The lowest BCUT2D eigenvalue weighted by Crippen LogP contribution is -2.05. The number of anilines is 1. The highest BCUT2D eigenvalue weighted by molar-refractivity contribution is 9.10. The molecule has 0 radical (unpaired) electrons. The van der Waals surface area contributed by atoms with E-state index < -0.39 is 0 Å². The van der Waals surface area contributed by atoms with Gasteiger partial charge >= 0.3 is 0 Å². The highest BCUT2D eigenvalue weighted by Gasteiger charge is 2.19. The monoisotopic (exact) mass is 553 g/mol. The number of aromatic nitrogens is 2. The summed E-state index contributed by atoms with van der Waals surface area (Å²) in [7, 11) is 0. The van der Waals surface area contributed by atoms with Crippen molar-refractivity contribution >= 4 is 38.6 Å². The van der Waals surface area contributed by atoms with Crippen LogP contribution in [0, 0.1) is 0 Å². The molecule has 6 aromatic rings. The van der Waals surface area contributed by atoms with Crippen molar-refractivity contribution in [2.24, 2.45) is 0 Å². The summed E-state index contributed by atoms with van der Waals surface area (Å²) in [5.41, 5.74) is 11.1. The van der Waals surface area contributed by atoms with Gasteiger partial charge in [-0.1, -0.05) is 94.8 Å². The van der Waals surface area contributed by atoms with Gasteiger partial charge in [0.05, 0.1) is 28.3 Å². The van der Waals surface area contributed by atoms with E-state index in [2.05, 4.69) is 147 Å². The molecule has 38 heavy (non-hydrogen) atoms. The van der Waals surface area contributed by atoms with Gasteiger partial charge in [0.1, 0.15) is 0 Å². The van der Waals surface area contributed by atoms with Gasteiger partial charge in [-0.15, -0.1) is 0 Å². The molecule has 0 aliphatic carbocycles. The first-order valence-electron chi connectivity index (χ1n) is 12.7. The molecule has 0 spiro atoms. The molecule has 182 valence electrons. The number of fused-ring (bicyclic) bond motifs is 3. The summed E-state index contributed by atoms with van der Waals surface area (Å²) in [6.45, 7) is 0.842. The maximum Gasteiger partial charge on any atom is 0.0715 e. The Labute approximate surface area is 230 Å². The Morgan fingerprint density at radius 3 is 2.03 bits per heavy atom. The molecule has 7 rings (SSSR count). The Kier molecular flexibility index (Phi) is 5.67. The van der Waals surface area contributed by atoms with E-state index in [1.54, 1.807) is 0 Å². The molecular formula is C34H24BrN3. The number of rotatable bonds is 4. The second-order valence-electron chi connectivity index (χ2n) is 9.45. The van der Waals surface area contributed by atoms with Crippen molar-refractivity contribution in [3.8, 4) is 39.3 Å². The van der Waals surface area contributed by atoms with Crippen molar-refractivity contribution in [2.45, 2.75) is 0 Å². The second kappa shape index (κ2) is 9.47. The molecule has 4 aromatic carbocycles. The van der Waals surface area contributed by atoms with Crippen molar-refractivity contribution in [1.29, 1.82) is 0 Å². The van der Waals surface area contributed by atoms with E-state index in [1.165, 1.54) is 27.8 Å². The number of pyridine rings is 1. The Hall–Kier alpha value is -4.41. The molecule has 2 aromatic heterocycles. The van der Waals surface area contributed by atoms with Crippen LogP contribution in [0.3, 0.4) is 0 Å². The normalized spacial score (nSPS) is 12.3. The summed E-state index contributed by atoms with van der Waals surface area (Å²) >= 11 is 3.67. The first-order valence-corrected chi connectivity index (χ1v) is 13.5. The molecule has 1 aliphatic rings. The number of hydrogen-bond donors (Lipinski definition) is 1. The maximum absolute atomic E-state index is 5.09. The highest BCUT2D eigenvalue weighted by Crippen LogP contribution is 2.38. The smallest absolute Gasteiger partial charge is 0.0715 e. The number of hydrogen-bond acceptors (Lipinski definition) is 2. The van der Waals surface area contributed by atoms with E-state index in [-0.39, 0.29) is 0 Å². The van der Waals surface area contributed by atoms with Gasteiger partial charge in [-0.2, -0.15) is 0 Å². The molecule has 3 nitrogen and oxygen atoms in total. The topological polar surface area (TPSA) is 29.9 Å². The van der Waals surface area contributed by atoms with Gasteiger partial charge in [-0.05, 0) is 59.7 Å². The minimum absolute atomic E-state index is 0.842. The van der Waals surface area contributed by atoms with Crippen LogP contribution in [-0.4, -0.2) is 16.1 Å². The molecule has 0 bridgehead atoms. The maximum atomic E-state index is 5.09. The third-order valence-corrected chi connectivity index (χ3v) is 7.56. The molecule has 0 saturated carbocycles. The van der Waals surface area contributed by atoms with Gasteiger partial charge < -0.3 is 9.88 Å². The van der Waals surface area contributed by atoms with Gasteiger partial charge in [0.2, 0.25) is 0 Å². The van der Waals surface area contributed by atoms with Crippen LogP contribution in [-0.2, 0) is 0 Å². The number of nitrogens with one attached hydrogen (secondary N) is 1. The van der Waals surface area contributed by atoms with Crippen molar-refractivity contribution in [3.05, 3.63) is 132 Å². The number of nitrogens with zero attached hydrogens (tertiary/aromatic N) is 2. The first-order chi connectivity index (χ1) is 18.7. The van der Waals surface area contributed by atoms with Gasteiger partial charge in [0, 0.05) is 33.2 Å². The Morgan fingerprint density at radius 2 is 1.32 bits per heavy atom. The SMILES string of the molecule is Brc1ccc2c3c(n(-c4ccc(-c5cc(-c6ccccc6)cc(-c6ccccc6)n5)cc4)c2c1)C=CCN3. The molecule has 0 saturated heterocycles. The van der Waals surface area contributed by atoms with Crippen LogP contribution in [0.15, 0.2) is 126 Å². The predicted octanol–water partition coefficient (Wildman–Crippen LogP) is 9.23. The van der Waals surface area contributed by atoms with Gasteiger partial charge in [0.15, 0.2) is 0 Å². The van der Waals surface area contributed by atoms with Crippen LogP contribution in [0.4, 0.5) is 5.69 Å². The predicted molar refractivity (Wildman–Crippen MR) is 163 cm³/mol. The minimum atomic E-state index is 0.842. The van der Waals surface area contributed by atoms with Gasteiger partial charge in [-0.3, -0.25) is 0 Å². The summed E-state index contributed by atoms with van der Waals surface area (Å²) in [5.74, 6) is 0. The average Bonchev–Trinajstić information content (AvgIpc) is 3.31. The van der Waals surface area contributed by atoms with Gasteiger partial charge in [-0.25, -0.2) is 4.98 Å². The van der Waals surface area contributed by atoms with E-state index in [9.17, 15) is 0 Å². The van der Waals surface area contributed by atoms with Crippen LogP contribution in [0.2, 0.25) is 0 Å². The molecule has 4 heteroatoms. The fourth-order valence-corrected chi connectivity index (χ4v) is 5.60. The largest absolute Gasteiger partial charge is 0.379 e. The molecule has 1 N–H and O–H groups in total. The summed E-state index contributed by atoms with van der Waals surface area (Å²) in [6.07, 6.45) is 4.38. The lowest BCUT2D eigenvalue weighted by Gasteiger charge is -2.14. The van der Waals surface area contributed by atoms with E-state index >= 15 is 0 Å². The zero-order valence-corrected chi connectivity index (χ0v) is 22.2. The Bertz CT molecular complexity index is 1740. The van der Waals surface area contributed by atoms with Crippen molar-refractivity contribution < 1.29 is 0 Å². The van der Waals surface area contributed by atoms with Crippen LogP contribution >= 0.6 is 15.9 Å². The van der Waals surface area contributed by atoms with Crippen LogP contribution in [0.5, 0.6) is 0 Å². The molecule has 0 atom stereocenters. The lowest BCUT2D eigenvalue weighted by molar-refractivity contribution is 1.10. The van der Waals surface area contributed by atoms with E-state index in [0.29, 0.717) is 0 Å². The van der Waals surface area contributed by atoms with Crippen molar-refractivity contribution in [3.63, 3.8) is 0 Å². The van der Waals surface area contributed by atoms with Crippen molar-refractivity contribution in [2.75, 3.05) is 11.9 Å². The number of benzene rings is 4. The van der Waals surface area contributed by atoms with E-state index in [4.69, 9.17) is 4.98 Å². The summed E-state index contributed by atoms with van der Waals surface area (Å²) in [6, 6.07) is 40.5. The van der Waals surface area contributed by atoms with Crippen LogP contribution in [0.1, 0.15) is 5.69 Å². The standard InChI is InChI=1S/C34H24BrN3/c35-27-15-18-29-33(22-27)38(32-12-7-19-36-34(29)32)28-16-13-25(14-17-28)31-21-26(23-8-3-1-4-9-23)20-30(37-31)24-10-5-2-6-11-24/h1-18,20-22,36H,19H2. The number of halogens is 1. The molecule has 1 aliphatic heterocycles. The second-order valence-corrected chi connectivity index (χ2v) is 10.4. The Balaban J connectivity index is 1.35. The van der Waals surface area contributed by atoms with Crippen LogP contribution in [0.25, 0.3) is 56.3 Å². The fourth-order valence-electron chi connectivity index (χ4n) is 5.25. The zero-order valence-electron chi connectivity index (χ0n) is 20.6. The molecule has 0 amide bonds. The highest BCUT2D eigenvalue weighted by atomic mass is 79.9. The first kappa shape index (κ1) is 22.8. The minimum Gasteiger partial charge on any atom is -0.379 e. The molecular weight excluding hydrogens is 530 g/mol. The Morgan fingerprint density at radius 1 is 0.658 bits per heavy atom. The zero-order chi connectivity index (χ0) is 25.5. The van der Waals surface area contributed by atoms with E-state index in [1.807, 2.05) is 6.07 Å². The summed E-state index contributed by atoms with van der Waals surface area (Å²) in [4.78, 5) is 5.09. The van der Waals surface area contributed by atoms with E-state index in [0.717, 1.165) is 44.8 Å². The lowest BCUT2D eigenvalue weighted by atomic mass is 10.00. The van der Waals surface area contributed by atoms with Crippen molar-refractivity contribution in [1.82, 2.24) is 9.55 Å². The molecule has 0 fully saturated rings. The van der Waals surface area contributed by atoms with Crippen LogP contribution < -0.4 is 5.32 Å².